The fraction of sp³-hybridized carbons (Fsp3) is 0.652. The molecule has 0 radical (unpaired) electrons. The van der Waals surface area contributed by atoms with Crippen LogP contribution in [0.2, 0.25) is 0 Å². The first kappa shape index (κ1) is 39.2. The van der Waals surface area contributed by atoms with Gasteiger partial charge in [-0.05, 0) is 125 Å². The van der Waals surface area contributed by atoms with Crippen molar-refractivity contribution in [2.45, 2.75) is 188 Å². The molecular weight excluding hydrogens is 569 g/mol. The Morgan fingerprint density at radius 3 is 1.94 bits per heavy atom. The molecule has 0 bridgehead atoms. The highest BCUT2D eigenvalue weighted by atomic mass is 16.3. The number of unbranched alkanes of at least 4 members (excludes halogenated alkanes) is 3. The van der Waals surface area contributed by atoms with Crippen molar-refractivity contribution < 1.29 is 5.11 Å². The quantitative estimate of drug-likeness (QED) is 0.120. The van der Waals surface area contributed by atoms with Crippen molar-refractivity contribution in [1.29, 1.82) is 0 Å². The largest absolute Gasteiger partial charge is 0.507 e. The molecule has 1 N–H and O–H groups in total. The molecule has 0 aliphatic heterocycles. The van der Waals surface area contributed by atoms with Crippen LogP contribution in [0, 0.1) is 5.41 Å². The van der Waals surface area contributed by atoms with Gasteiger partial charge in [-0.25, -0.2) is 0 Å². The highest BCUT2D eigenvalue weighted by molar-refractivity contribution is 5.64. The first-order chi connectivity index (χ1) is 21.9. The van der Waals surface area contributed by atoms with E-state index >= 15 is 0 Å². The topological polar surface area (TPSA) is 20.2 Å². The van der Waals surface area contributed by atoms with Crippen molar-refractivity contribution >= 4 is 0 Å². The van der Waals surface area contributed by atoms with E-state index in [9.17, 15) is 5.11 Å². The van der Waals surface area contributed by atoms with E-state index in [1.165, 1.54) is 75.3 Å². The molecule has 0 amide bonds. The first-order valence-electron chi connectivity index (χ1n) is 19.2. The normalized spacial score (nSPS) is 15.4. The van der Waals surface area contributed by atoms with Crippen LogP contribution in [0.1, 0.15) is 198 Å². The third-order valence-corrected chi connectivity index (χ3v) is 11.2. The van der Waals surface area contributed by atoms with Crippen LogP contribution in [0.3, 0.4) is 0 Å². The molecule has 47 heavy (non-hydrogen) atoms. The second-order valence-corrected chi connectivity index (χ2v) is 18.2. The van der Waals surface area contributed by atoms with Crippen molar-refractivity contribution in [3.05, 3.63) is 88.0 Å². The Balaban J connectivity index is 1.56. The summed E-state index contributed by atoms with van der Waals surface area (Å²) in [5.41, 5.74) is 11.7. The summed E-state index contributed by atoms with van der Waals surface area (Å²) in [5.74, 6) is 1.08. The zero-order chi connectivity index (χ0) is 35.2. The molecule has 3 rings (SSSR count). The van der Waals surface area contributed by atoms with Crippen molar-refractivity contribution in [1.82, 2.24) is 0 Å². The summed E-state index contributed by atoms with van der Waals surface area (Å²) < 4.78 is 0. The third kappa shape index (κ3) is 10.4. The number of rotatable bonds is 19. The fourth-order valence-corrected chi connectivity index (χ4v) is 8.11. The lowest BCUT2D eigenvalue weighted by Crippen LogP contribution is -2.21. The summed E-state index contributed by atoms with van der Waals surface area (Å²) in [4.78, 5) is 0. The Labute approximate surface area is 291 Å². The monoisotopic (exact) mass is 641 g/mol. The van der Waals surface area contributed by atoms with E-state index in [4.69, 9.17) is 0 Å². The van der Waals surface area contributed by atoms with Gasteiger partial charge < -0.3 is 5.11 Å². The molecule has 2 aromatic carbocycles. The van der Waals surface area contributed by atoms with E-state index in [1.807, 2.05) is 0 Å². The molecule has 262 valence electrons. The molecule has 0 heterocycles. The van der Waals surface area contributed by atoms with Crippen LogP contribution >= 0.6 is 0 Å². The van der Waals surface area contributed by atoms with E-state index in [0.29, 0.717) is 22.5 Å². The second kappa shape index (κ2) is 16.0. The van der Waals surface area contributed by atoms with Gasteiger partial charge in [-0.2, -0.15) is 0 Å². The lowest BCUT2D eigenvalue weighted by molar-refractivity contribution is 0.190. The molecule has 1 unspecified atom stereocenters. The predicted octanol–water partition coefficient (Wildman–Crippen LogP) is 14.0. The number of benzene rings is 2. The third-order valence-electron chi connectivity index (χ3n) is 11.2. The number of aryl methyl sites for hydroxylation is 2. The maximum Gasteiger partial charge on any atom is 0.123 e. The van der Waals surface area contributed by atoms with Gasteiger partial charge in [0.05, 0.1) is 0 Å². The SMILES string of the molecule is C=CCCC(CCC)(CCCCCCc1cc(C(C)C)c2c(c1)C2(C)C)CCC(=C)CCc1cc(C(C)(C)C)c(O)c(C(C)(C)C)c1. The lowest BCUT2D eigenvalue weighted by Gasteiger charge is -2.34. The van der Waals surface area contributed by atoms with Crippen molar-refractivity contribution in [3.8, 4) is 5.75 Å². The minimum Gasteiger partial charge on any atom is -0.507 e. The summed E-state index contributed by atoms with van der Waals surface area (Å²) in [7, 11) is 0. The fourth-order valence-electron chi connectivity index (χ4n) is 8.11. The molecule has 0 spiro atoms. The van der Waals surface area contributed by atoms with Gasteiger partial charge >= 0.3 is 0 Å². The zero-order valence-electron chi connectivity index (χ0n) is 32.7. The highest BCUT2D eigenvalue weighted by Gasteiger charge is 2.44. The van der Waals surface area contributed by atoms with Crippen molar-refractivity contribution in [2.75, 3.05) is 0 Å². The summed E-state index contributed by atoms with van der Waals surface area (Å²) in [6.45, 7) is 33.7. The lowest BCUT2D eigenvalue weighted by atomic mass is 9.71. The number of aromatic hydroxyl groups is 1. The number of phenols is 1. The summed E-state index contributed by atoms with van der Waals surface area (Å²) >= 11 is 0. The number of allylic oxidation sites excluding steroid dienone is 2. The Bertz CT molecular complexity index is 1320. The van der Waals surface area contributed by atoms with Gasteiger partial charge in [0, 0.05) is 5.41 Å². The molecule has 0 fully saturated rings. The van der Waals surface area contributed by atoms with Crippen LogP contribution < -0.4 is 0 Å². The summed E-state index contributed by atoms with van der Waals surface area (Å²) in [6, 6.07) is 9.51. The standard InChI is InChI=1S/C46H72O/c1-14-16-26-46(25-15-2,27-20-18-17-19-21-35-29-37(33(3)4)41-38(30-35)45(41,12)13)28-24-34(5)22-23-36-31-39(43(6,7)8)42(47)40(32-36)44(9,10)11/h14,29-33,47H,1,5,15-28H2,2-4,6-13H3. The molecule has 1 aliphatic rings. The van der Waals surface area contributed by atoms with Gasteiger partial charge in [-0.3, -0.25) is 0 Å². The number of fused-ring (bicyclic) bond motifs is 1. The maximum absolute atomic E-state index is 11.2. The average Bonchev–Trinajstić information content (AvgIpc) is 3.54. The van der Waals surface area contributed by atoms with Crippen molar-refractivity contribution in [2.24, 2.45) is 5.41 Å². The van der Waals surface area contributed by atoms with E-state index in [-0.39, 0.29) is 10.8 Å². The molecule has 1 nitrogen and oxygen atoms in total. The zero-order valence-corrected chi connectivity index (χ0v) is 32.7. The van der Waals surface area contributed by atoms with Crippen LogP contribution in [0.25, 0.3) is 0 Å². The highest BCUT2D eigenvalue weighted by Crippen LogP contribution is 2.53. The smallest absolute Gasteiger partial charge is 0.123 e. The number of hydrogen-bond acceptors (Lipinski definition) is 1. The van der Waals surface area contributed by atoms with Gasteiger partial charge in [0.1, 0.15) is 5.75 Å². The molecule has 1 atom stereocenters. The molecule has 2 aromatic rings. The van der Waals surface area contributed by atoms with Crippen LogP contribution in [0.15, 0.2) is 49.1 Å². The predicted molar refractivity (Wildman–Crippen MR) is 208 cm³/mol. The van der Waals surface area contributed by atoms with E-state index in [0.717, 1.165) is 36.8 Å². The summed E-state index contributed by atoms with van der Waals surface area (Å²) in [5, 5.41) is 11.2. The Hall–Kier alpha value is -2.28. The Morgan fingerprint density at radius 1 is 0.787 bits per heavy atom. The molecule has 0 saturated carbocycles. The van der Waals surface area contributed by atoms with Crippen LogP contribution in [0.4, 0.5) is 0 Å². The minimum absolute atomic E-state index is 0.0980. The molecule has 0 saturated heterocycles. The van der Waals surface area contributed by atoms with Crippen LogP contribution in [0.5, 0.6) is 5.75 Å². The Kier molecular flexibility index (Phi) is 13.3. The minimum atomic E-state index is -0.0980. The molecular formula is C46H72O. The molecule has 1 aliphatic carbocycles. The van der Waals surface area contributed by atoms with Gasteiger partial charge in [0.25, 0.3) is 0 Å². The van der Waals surface area contributed by atoms with Crippen LogP contribution in [-0.2, 0) is 29.1 Å². The van der Waals surface area contributed by atoms with Gasteiger partial charge in [-0.15, -0.1) is 6.58 Å². The van der Waals surface area contributed by atoms with E-state index < -0.39 is 0 Å². The Morgan fingerprint density at radius 2 is 1.38 bits per heavy atom. The maximum atomic E-state index is 11.2. The van der Waals surface area contributed by atoms with Crippen LogP contribution in [-0.4, -0.2) is 5.11 Å². The van der Waals surface area contributed by atoms with E-state index in [2.05, 4.69) is 120 Å². The van der Waals surface area contributed by atoms with Gasteiger partial charge in [0.15, 0.2) is 0 Å². The molecule has 1 heteroatoms. The molecule has 0 aromatic heterocycles. The van der Waals surface area contributed by atoms with Crippen molar-refractivity contribution in [3.63, 3.8) is 0 Å². The summed E-state index contributed by atoms with van der Waals surface area (Å²) in [6.07, 6.45) is 19.2. The first-order valence-corrected chi connectivity index (χ1v) is 19.2. The van der Waals surface area contributed by atoms with Gasteiger partial charge in [0.2, 0.25) is 0 Å². The second-order valence-electron chi connectivity index (χ2n) is 18.2. The van der Waals surface area contributed by atoms with Gasteiger partial charge in [-0.1, -0.05) is 144 Å². The average molecular weight is 641 g/mol. The number of phenolic OH excluding ortho intramolecular Hbond substituents is 1. The van der Waals surface area contributed by atoms with E-state index in [1.54, 1.807) is 22.3 Å². The number of hydrogen-bond donors (Lipinski definition) is 1.